The van der Waals surface area contributed by atoms with Crippen LogP contribution < -0.4 is 11.1 Å². The van der Waals surface area contributed by atoms with E-state index in [2.05, 4.69) is 21.2 Å². The summed E-state index contributed by atoms with van der Waals surface area (Å²) in [5.74, 6) is -0.325. The molecule has 0 fully saturated rings. The molecule has 2 aromatic rings. The van der Waals surface area contributed by atoms with Gasteiger partial charge >= 0.3 is 0 Å². The number of carbonyl (C=O) groups excluding carboxylic acids is 1. The number of nitrogens with one attached hydrogen (secondary N) is 1. The smallest absolute Gasteiger partial charge is 0.240 e. The van der Waals surface area contributed by atoms with Gasteiger partial charge in [0.1, 0.15) is 5.25 Å². The molecule has 0 heterocycles. The van der Waals surface area contributed by atoms with Crippen molar-refractivity contribution >= 4 is 44.0 Å². The van der Waals surface area contributed by atoms with Gasteiger partial charge < -0.3 is 11.1 Å². The summed E-state index contributed by atoms with van der Waals surface area (Å²) in [5, 5.41) is 2.03. The second kappa shape index (κ2) is 6.87. The lowest BCUT2D eigenvalue weighted by Crippen LogP contribution is -2.29. The molecule has 0 aromatic heterocycles. The number of benzene rings is 2. The highest BCUT2D eigenvalue weighted by Crippen LogP contribution is 2.20. The Hall–Kier alpha value is -1.66. The van der Waals surface area contributed by atoms with Crippen molar-refractivity contribution in [1.29, 1.82) is 0 Å². The largest absolute Gasteiger partial charge is 0.397 e. The van der Waals surface area contributed by atoms with Crippen LogP contribution >= 0.6 is 15.9 Å². The van der Waals surface area contributed by atoms with Gasteiger partial charge in [-0.25, -0.2) is 0 Å². The summed E-state index contributed by atoms with van der Waals surface area (Å²) >= 11 is 3.32. The molecule has 0 saturated heterocycles. The Labute approximate surface area is 134 Å². The van der Waals surface area contributed by atoms with Gasteiger partial charge in [-0.15, -0.1) is 0 Å². The van der Waals surface area contributed by atoms with Gasteiger partial charge in [-0.1, -0.05) is 28.1 Å². The van der Waals surface area contributed by atoms with E-state index < -0.39 is 16.0 Å². The van der Waals surface area contributed by atoms with Crippen LogP contribution in [0.3, 0.4) is 0 Å². The first kappa shape index (κ1) is 15.7. The number of nitrogen functional groups attached to an aromatic ring is 1. The third-order valence-corrected chi connectivity index (χ3v) is 5.08. The van der Waals surface area contributed by atoms with Crippen LogP contribution in [-0.2, 0) is 15.6 Å². The fourth-order valence-electron chi connectivity index (χ4n) is 1.72. The van der Waals surface area contributed by atoms with Crippen LogP contribution in [0.15, 0.2) is 57.9 Å². The quantitative estimate of drug-likeness (QED) is 0.816. The molecule has 0 radical (unpaired) electrons. The summed E-state index contributed by atoms with van der Waals surface area (Å²) in [6.07, 6.45) is 0. The van der Waals surface area contributed by atoms with Crippen molar-refractivity contribution in [3.63, 3.8) is 0 Å². The van der Waals surface area contributed by atoms with Crippen molar-refractivity contribution in [2.75, 3.05) is 11.1 Å². The summed E-state index contributed by atoms with van der Waals surface area (Å²) in [4.78, 5) is 12.8. The molecule has 0 aliphatic rings. The summed E-state index contributed by atoms with van der Waals surface area (Å²) in [7, 11) is -1.42. The number of amides is 1. The molecule has 3 N–H and O–H groups in total. The minimum absolute atomic E-state index is 0.325. The number of hydrogen-bond donors (Lipinski definition) is 2. The highest BCUT2D eigenvalue weighted by molar-refractivity contribution is 9.10. The van der Waals surface area contributed by atoms with Gasteiger partial charge in [0, 0.05) is 9.37 Å². The average molecular weight is 367 g/mol. The van der Waals surface area contributed by atoms with Crippen LogP contribution in [0.1, 0.15) is 6.92 Å². The molecule has 0 aliphatic carbocycles. The fourth-order valence-corrected chi connectivity index (χ4v) is 3.05. The van der Waals surface area contributed by atoms with Crippen molar-refractivity contribution in [3.05, 3.63) is 53.0 Å². The van der Waals surface area contributed by atoms with E-state index in [1.807, 2.05) is 0 Å². The third-order valence-electron chi connectivity index (χ3n) is 2.95. The molecule has 2 unspecified atom stereocenters. The first-order chi connectivity index (χ1) is 9.99. The number of nitrogens with two attached hydrogens (primary N) is 1. The Bertz CT molecular complexity index is 674. The predicted molar refractivity (Wildman–Crippen MR) is 89.5 cm³/mol. The summed E-state index contributed by atoms with van der Waals surface area (Å²) < 4.78 is 13.3. The Morgan fingerprint density at radius 2 is 1.81 bits per heavy atom. The van der Waals surface area contributed by atoms with E-state index in [1.165, 1.54) is 0 Å². The van der Waals surface area contributed by atoms with Gasteiger partial charge in [-0.05, 0) is 43.3 Å². The Morgan fingerprint density at radius 3 is 2.43 bits per heavy atom. The Balaban J connectivity index is 2.10. The molecular weight excluding hydrogens is 352 g/mol. The molecule has 110 valence electrons. The monoisotopic (exact) mass is 366 g/mol. The van der Waals surface area contributed by atoms with E-state index >= 15 is 0 Å². The zero-order valence-electron chi connectivity index (χ0n) is 11.4. The van der Waals surface area contributed by atoms with Crippen molar-refractivity contribution in [3.8, 4) is 0 Å². The van der Waals surface area contributed by atoms with E-state index in [0.717, 1.165) is 4.47 Å². The number of para-hydroxylation sites is 2. The zero-order chi connectivity index (χ0) is 15.4. The lowest BCUT2D eigenvalue weighted by atomic mass is 10.2. The minimum atomic E-state index is -1.42. The number of hydrogen-bond acceptors (Lipinski definition) is 3. The number of anilines is 2. The van der Waals surface area contributed by atoms with Crippen LogP contribution in [0.4, 0.5) is 11.4 Å². The van der Waals surface area contributed by atoms with Gasteiger partial charge in [0.25, 0.3) is 0 Å². The van der Waals surface area contributed by atoms with Crippen molar-refractivity contribution in [2.45, 2.75) is 17.1 Å². The van der Waals surface area contributed by atoms with Crippen LogP contribution in [-0.4, -0.2) is 15.4 Å². The maximum absolute atomic E-state index is 12.4. The SMILES string of the molecule is CC(C(=O)Nc1ccccc1N)S(=O)c1ccc(Br)cc1. The molecule has 0 bridgehead atoms. The molecule has 1 amide bonds. The summed E-state index contributed by atoms with van der Waals surface area (Å²) in [5.41, 5.74) is 6.79. The Kier molecular flexibility index (Phi) is 5.14. The second-order valence-electron chi connectivity index (χ2n) is 4.47. The molecule has 0 saturated carbocycles. The lowest BCUT2D eigenvalue weighted by molar-refractivity contribution is -0.115. The Morgan fingerprint density at radius 1 is 1.19 bits per heavy atom. The lowest BCUT2D eigenvalue weighted by Gasteiger charge is -2.13. The van der Waals surface area contributed by atoms with Crippen LogP contribution in [0, 0.1) is 0 Å². The molecule has 2 atom stereocenters. The van der Waals surface area contributed by atoms with Gasteiger partial charge in [0.2, 0.25) is 5.91 Å². The molecule has 4 nitrogen and oxygen atoms in total. The number of halogens is 1. The van der Waals surface area contributed by atoms with Crippen LogP contribution in [0.25, 0.3) is 0 Å². The molecule has 6 heteroatoms. The van der Waals surface area contributed by atoms with E-state index in [0.29, 0.717) is 16.3 Å². The highest BCUT2D eigenvalue weighted by Gasteiger charge is 2.22. The van der Waals surface area contributed by atoms with Gasteiger partial charge in [-0.2, -0.15) is 0 Å². The molecular formula is C15H15BrN2O2S. The van der Waals surface area contributed by atoms with E-state index in [1.54, 1.807) is 55.5 Å². The number of rotatable bonds is 4. The van der Waals surface area contributed by atoms with Crippen molar-refractivity contribution in [1.82, 2.24) is 0 Å². The van der Waals surface area contributed by atoms with E-state index in [-0.39, 0.29) is 5.91 Å². The topological polar surface area (TPSA) is 72.2 Å². The van der Waals surface area contributed by atoms with Crippen LogP contribution in [0.2, 0.25) is 0 Å². The van der Waals surface area contributed by atoms with Gasteiger partial charge in [0.15, 0.2) is 0 Å². The average Bonchev–Trinajstić information content (AvgIpc) is 2.49. The van der Waals surface area contributed by atoms with E-state index in [9.17, 15) is 9.00 Å². The van der Waals surface area contributed by atoms with Crippen molar-refractivity contribution < 1.29 is 9.00 Å². The zero-order valence-corrected chi connectivity index (χ0v) is 13.8. The van der Waals surface area contributed by atoms with Gasteiger partial charge in [-0.3, -0.25) is 9.00 Å². The first-order valence-electron chi connectivity index (χ1n) is 6.30. The maximum atomic E-state index is 12.4. The van der Waals surface area contributed by atoms with Crippen LogP contribution in [0.5, 0.6) is 0 Å². The summed E-state index contributed by atoms with van der Waals surface area (Å²) in [6, 6.07) is 14.0. The van der Waals surface area contributed by atoms with E-state index in [4.69, 9.17) is 5.73 Å². The van der Waals surface area contributed by atoms with Gasteiger partial charge in [0.05, 0.1) is 22.2 Å². The number of carbonyl (C=O) groups is 1. The standard InChI is InChI=1S/C15H15BrN2O2S/c1-10(21(20)12-8-6-11(16)7-9-12)15(19)18-14-5-3-2-4-13(14)17/h2-10H,17H2,1H3,(H,18,19). The molecule has 2 aromatic carbocycles. The first-order valence-corrected chi connectivity index (χ1v) is 8.31. The maximum Gasteiger partial charge on any atom is 0.240 e. The minimum Gasteiger partial charge on any atom is -0.397 e. The molecule has 2 rings (SSSR count). The second-order valence-corrected chi connectivity index (χ2v) is 7.16. The molecule has 0 spiro atoms. The summed E-state index contributed by atoms with van der Waals surface area (Å²) in [6.45, 7) is 1.63. The highest BCUT2D eigenvalue weighted by atomic mass is 79.9. The molecule has 21 heavy (non-hydrogen) atoms. The van der Waals surface area contributed by atoms with Crippen molar-refractivity contribution in [2.24, 2.45) is 0 Å². The fraction of sp³-hybridized carbons (Fsp3) is 0.133. The predicted octanol–water partition coefficient (Wildman–Crippen LogP) is 3.17. The third kappa shape index (κ3) is 3.92. The molecule has 0 aliphatic heterocycles. The normalized spacial score (nSPS) is 13.4.